The minimum absolute atomic E-state index is 0.208. The van der Waals surface area contributed by atoms with Crippen LogP contribution in [0.25, 0.3) is 0 Å². The summed E-state index contributed by atoms with van der Waals surface area (Å²) >= 11 is 6.10. The fraction of sp³-hybridized carbons (Fsp3) is 0.333. The van der Waals surface area contributed by atoms with Crippen LogP contribution in [0.4, 0.5) is 5.82 Å². The highest BCUT2D eigenvalue weighted by molar-refractivity contribution is 6.30. The van der Waals surface area contributed by atoms with Crippen LogP contribution in [0, 0.1) is 0 Å². The minimum Gasteiger partial charge on any atom is -0.387 e. The Labute approximate surface area is 123 Å². The van der Waals surface area contributed by atoms with Gasteiger partial charge in [0.1, 0.15) is 17.3 Å². The number of halogens is 1. The fourth-order valence-corrected chi connectivity index (χ4v) is 2.36. The predicted octanol–water partition coefficient (Wildman–Crippen LogP) is 3.40. The Hall–Kier alpha value is -1.65. The first-order chi connectivity index (χ1) is 9.59. The molecule has 1 atom stereocenters. The average molecular weight is 292 g/mol. The maximum atomic E-state index is 10.1. The van der Waals surface area contributed by atoms with E-state index in [0.29, 0.717) is 17.5 Å². The molecular formula is C15H18ClN3O. The number of aliphatic hydroxyl groups is 1. The van der Waals surface area contributed by atoms with Crippen LogP contribution in [0.15, 0.2) is 36.7 Å². The minimum atomic E-state index is -0.593. The topological polar surface area (TPSA) is 58.0 Å². The van der Waals surface area contributed by atoms with Gasteiger partial charge in [-0.3, -0.25) is 0 Å². The van der Waals surface area contributed by atoms with E-state index in [2.05, 4.69) is 15.3 Å². The predicted molar refractivity (Wildman–Crippen MR) is 81.0 cm³/mol. The van der Waals surface area contributed by atoms with Crippen LogP contribution in [0.5, 0.6) is 0 Å². The lowest BCUT2D eigenvalue weighted by Gasteiger charge is -2.17. The highest BCUT2D eigenvalue weighted by Crippen LogP contribution is 2.28. The maximum Gasteiger partial charge on any atom is 0.138 e. The van der Waals surface area contributed by atoms with Gasteiger partial charge in [-0.15, -0.1) is 0 Å². The van der Waals surface area contributed by atoms with Gasteiger partial charge in [-0.2, -0.15) is 0 Å². The van der Waals surface area contributed by atoms with Gasteiger partial charge in [0.2, 0.25) is 0 Å². The van der Waals surface area contributed by atoms with Crippen molar-refractivity contribution in [3.63, 3.8) is 0 Å². The van der Waals surface area contributed by atoms with E-state index in [1.54, 1.807) is 0 Å². The maximum absolute atomic E-state index is 10.1. The normalized spacial score (nSPS) is 12.4. The molecule has 1 heterocycles. The van der Waals surface area contributed by atoms with Crippen LogP contribution < -0.4 is 5.32 Å². The Morgan fingerprint density at radius 3 is 2.55 bits per heavy atom. The number of aromatic nitrogens is 2. The summed E-state index contributed by atoms with van der Waals surface area (Å²) in [5, 5.41) is 13.7. The van der Waals surface area contributed by atoms with Gasteiger partial charge in [-0.25, -0.2) is 9.97 Å². The quantitative estimate of drug-likeness (QED) is 0.829. The summed E-state index contributed by atoms with van der Waals surface area (Å²) in [6, 6.07) is 9.51. The smallest absolute Gasteiger partial charge is 0.138 e. The molecule has 0 saturated carbocycles. The number of aliphatic hydroxyl groups excluding tert-OH is 1. The summed E-state index contributed by atoms with van der Waals surface area (Å²) in [6.07, 6.45) is 0.829. The van der Waals surface area contributed by atoms with E-state index < -0.39 is 6.10 Å². The van der Waals surface area contributed by atoms with Crippen molar-refractivity contribution in [2.45, 2.75) is 25.9 Å². The lowest BCUT2D eigenvalue weighted by molar-refractivity contribution is 0.191. The third kappa shape index (κ3) is 3.46. The van der Waals surface area contributed by atoms with Crippen molar-refractivity contribution < 1.29 is 5.11 Å². The Morgan fingerprint density at radius 2 is 1.90 bits per heavy atom. The molecule has 1 aromatic heterocycles. The molecule has 0 spiro atoms. The molecule has 2 N–H and O–H groups in total. The number of hydrogen-bond donors (Lipinski definition) is 2. The van der Waals surface area contributed by atoms with Crippen LogP contribution in [0.1, 0.15) is 37.0 Å². The van der Waals surface area contributed by atoms with Gasteiger partial charge in [-0.1, -0.05) is 55.8 Å². The molecule has 0 aliphatic carbocycles. The molecule has 2 aromatic rings. The first kappa shape index (κ1) is 14.8. The van der Waals surface area contributed by atoms with E-state index in [9.17, 15) is 5.11 Å². The molecule has 20 heavy (non-hydrogen) atoms. The fourth-order valence-electron chi connectivity index (χ4n) is 2.01. The van der Waals surface area contributed by atoms with E-state index in [-0.39, 0.29) is 5.92 Å². The van der Waals surface area contributed by atoms with Crippen molar-refractivity contribution >= 4 is 17.4 Å². The lowest BCUT2D eigenvalue weighted by atomic mass is 10.1. The van der Waals surface area contributed by atoms with E-state index in [4.69, 9.17) is 11.6 Å². The van der Waals surface area contributed by atoms with Gasteiger partial charge in [-0.05, 0) is 11.5 Å². The lowest BCUT2D eigenvalue weighted by Crippen LogP contribution is -2.15. The summed E-state index contributed by atoms with van der Waals surface area (Å²) < 4.78 is 0. The zero-order valence-corrected chi connectivity index (χ0v) is 12.3. The number of nitrogens with zero attached hydrogens (tertiary/aromatic N) is 2. The molecule has 106 valence electrons. The summed E-state index contributed by atoms with van der Waals surface area (Å²) in [5.74, 6) is 0.884. The number of anilines is 1. The van der Waals surface area contributed by atoms with Gasteiger partial charge >= 0.3 is 0 Å². The molecule has 0 radical (unpaired) electrons. The summed E-state index contributed by atoms with van der Waals surface area (Å²) in [6.45, 7) is 4.43. The highest BCUT2D eigenvalue weighted by atomic mass is 35.5. The number of rotatable bonds is 5. The zero-order chi connectivity index (χ0) is 14.5. The van der Waals surface area contributed by atoms with Gasteiger partial charge in [0.25, 0.3) is 0 Å². The van der Waals surface area contributed by atoms with Gasteiger partial charge in [0, 0.05) is 12.1 Å². The van der Waals surface area contributed by atoms with Crippen molar-refractivity contribution in [3.05, 3.63) is 52.9 Å². The van der Waals surface area contributed by atoms with Gasteiger partial charge < -0.3 is 10.4 Å². The second kappa shape index (κ2) is 6.68. The van der Waals surface area contributed by atoms with E-state index in [1.807, 2.05) is 44.2 Å². The molecule has 0 amide bonds. The van der Waals surface area contributed by atoms with E-state index in [1.165, 1.54) is 6.33 Å². The van der Waals surface area contributed by atoms with E-state index >= 15 is 0 Å². The molecule has 0 aliphatic heterocycles. The van der Waals surface area contributed by atoms with Crippen LogP contribution in [0.3, 0.4) is 0 Å². The SMILES string of the molecule is CC(C)c1c(Cl)ncnc1NCC(O)c1ccccc1. The largest absolute Gasteiger partial charge is 0.387 e. The molecule has 1 aromatic carbocycles. The second-order valence-corrected chi connectivity index (χ2v) is 5.25. The molecule has 0 aliphatic rings. The molecule has 0 saturated heterocycles. The van der Waals surface area contributed by atoms with Crippen LogP contribution in [0.2, 0.25) is 5.15 Å². The first-order valence-corrected chi connectivity index (χ1v) is 6.94. The average Bonchev–Trinajstić information content (AvgIpc) is 2.45. The molecule has 4 nitrogen and oxygen atoms in total. The van der Waals surface area contributed by atoms with Crippen molar-refractivity contribution in [1.82, 2.24) is 9.97 Å². The van der Waals surface area contributed by atoms with Gasteiger partial charge in [0.05, 0.1) is 6.10 Å². The highest BCUT2D eigenvalue weighted by Gasteiger charge is 2.14. The number of benzene rings is 1. The Balaban J connectivity index is 2.10. The van der Waals surface area contributed by atoms with Crippen LogP contribution in [-0.2, 0) is 0 Å². The molecule has 5 heteroatoms. The Bertz CT molecular complexity index is 560. The van der Waals surface area contributed by atoms with Crippen molar-refractivity contribution in [1.29, 1.82) is 0 Å². The third-order valence-corrected chi connectivity index (χ3v) is 3.36. The van der Waals surface area contributed by atoms with Crippen molar-refractivity contribution in [2.24, 2.45) is 0 Å². The second-order valence-electron chi connectivity index (χ2n) is 4.89. The van der Waals surface area contributed by atoms with Crippen molar-refractivity contribution in [3.8, 4) is 0 Å². The summed E-state index contributed by atoms with van der Waals surface area (Å²) in [5.41, 5.74) is 1.74. The molecule has 0 bridgehead atoms. The standard InChI is InChI=1S/C15H18ClN3O/c1-10(2)13-14(16)18-9-19-15(13)17-8-12(20)11-6-4-3-5-7-11/h3-7,9-10,12,20H,8H2,1-2H3,(H,17,18,19). The number of hydrogen-bond acceptors (Lipinski definition) is 4. The monoisotopic (exact) mass is 291 g/mol. The van der Waals surface area contributed by atoms with Gasteiger partial charge in [0.15, 0.2) is 0 Å². The Morgan fingerprint density at radius 1 is 1.20 bits per heavy atom. The summed E-state index contributed by atoms with van der Waals surface area (Å²) in [4.78, 5) is 8.21. The van der Waals surface area contributed by atoms with Crippen LogP contribution in [-0.4, -0.2) is 21.6 Å². The molecular weight excluding hydrogens is 274 g/mol. The molecule has 2 rings (SSSR count). The van der Waals surface area contributed by atoms with Crippen LogP contribution >= 0.6 is 11.6 Å². The van der Waals surface area contributed by atoms with E-state index in [0.717, 1.165) is 11.1 Å². The third-order valence-electron chi connectivity index (χ3n) is 3.06. The molecule has 1 unspecified atom stereocenters. The van der Waals surface area contributed by atoms with Crippen molar-refractivity contribution in [2.75, 3.05) is 11.9 Å². The summed E-state index contributed by atoms with van der Waals surface area (Å²) in [7, 11) is 0. The Kier molecular flexibility index (Phi) is 4.93. The zero-order valence-electron chi connectivity index (χ0n) is 11.5. The molecule has 0 fully saturated rings. The number of nitrogens with one attached hydrogen (secondary N) is 1. The first-order valence-electron chi connectivity index (χ1n) is 6.57.